The van der Waals surface area contributed by atoms with E-state index in [4.69, 9.17) is 10.8 Å². The van der Waals surface area contributed by atoms with E-state index in [1.54, 1.807) is 0 Å². The minimum absolute atomic E-state index is 0.465. The Bertz CT molecular complexity index is 497. The molecule has 1 aromatic carbocycles. The van der Waals surface area contributed by atoms with Gasteiger partial charge in [0.15, 0.2) is 0 Å². The molecule has 0 atom stereocenters. The molecule has 1 rings (SSSR count). The highest BCUT2D eigenvalue weighted by molar-refractivity contribution is 5.93. The van der Waals surface area contributed by atoms with Crippen molar-refractivity contribution in [3.05, 3.63) is 23.8 Å². The summed E-state index contributed by atoms with van der Waals surface area (Å²) in [5.41, 5.74) is 4.21. The Morgan fingerprint density at radius 1 is 1.15 bits per heavy atom. The lowest BCUT2D eigenvalue weighted by molar-refractivity contribution is -0.299. The van der Waals surface area contributed by atoms with Crippen LogP contribution in [0.5, 0.6) is 5.75 Å². The Hall–Kier alpha value is -2.13. The molecule has 0 spiro atoms. The summed E-state index contributed by atoms with van der Waals surface area (Å²) in [5.74, 6) is -2.32. The van der Waals surface area contributed by atoms with Crippen LogP contribution in [-0.2, 0) is 0 Å². The molecule has 0 saturated carbocycles. The molecular formula is C10H7F6NO3. The number of rotatable bonds is 3. The molecule has 3 N–H and O–H groups in total. The van der Waals surface area contributed by atoms with Crippen LogP contribution in [0.3, 0.4) is 0 Å². The third kappa shape index (κ3) is 3.68. The summed E-state index contributed by atoms with van der Waals surface area (Å²) in [6.07, 6.45) is -15.4. The molecule has 112 valence electrons. The number of carboxylic acids is 1. The van der Waals surface area contributed by atoms with Gasteiger partial charge in [-0.15, -0.1) is 0 Å². The van der Waals surface area contributed by atoms with Crippen molar-refractivity contribution in [2.24, 2.45) is 0 Å². The normalized spacial score (nSPS) is 12.6. The molecule has 4 nitrogen and oxygen atoms in total. The van der Waals surface area contributed by atoms with Gasteiger partial charge in [-0.3, -0.25) is 0 Å². The van der Waals surface area contributed by atoms with Crippen molar-refractivity contribution in [2.75, 3.05) is 5.73 Å². The van der Waals surface area contributed by atoms with Crippen LogP contribution in [-0.4, -0.2) is 29.5 Å². The molecule has 0 saturated heterocycles. The quantitative estimate of drug-likeness (QED) is 0.665. The average molecular weight is 303 g/mol. The Kier molecular flexibility index (Phi) is 4.06. The predicted molar refractivity (Wildman–Crippen MR) is 54.3 cm³/mol. The lowest BCUT2D eigenvalue weighted by Gasteiger charge is -2.24. The van der Waals surface area contributed by atoms with E-state index in [2.05, 4.69) is 4.74 Å². The molecule has 0 aliphatic heterocycles. The van der Waals surface area contributed by atoms with Crippen molar-refractivity contribution in [1.82, 2.24) is 0 Å². The summed E-state index contributed by atoms with van der Waals surface area (Å²) in [6.45, 7) is 0. The number of halogens is 6. The Morgan fingerprint density at radius 2 is 1.65 bits per heavy atom. The zero-order valence-electron chi connectivity index (χ0n) is 9.42. The maximum absolute atomic E-state index is 12.2. The van der Waals surface area contributed by atoms with Crippen molar-refractivity contribution in [3.63, 3.8) is 0 Å². The SMILES string of the molecule is Nc1cc(OC(C(F)(F)F)C(F)(F)F)ccc1C(=O)O. The highest BCUT2D eigenvalue weighted by atomic mass is 19.4. The van der Waals surface area contributed by atoms with Crippen molar-refractivity contribution >= 4 is 11.7 Å². The van der Waals surface area contributed by atoms with Crippen molar-refractivity contribution < 1.29 is 41.0 Å². The molecule has 1 aromatic rings. The zero-order valence-corrected chi connectivity index (χ0v) is 9.42. The molecule has 10 heteroatoms. The second-order valence-electron chi connectivity index (χ2n) is 3.64. The van der Waals surface area contributed by atoms with Gasteiger partial charge in [0, 0.05) is 11.8 Å². The van der Waals surface area contributed by atoms with Crippen LogP contribution < -0.4 is 10.5 Å². The van der Waals surface area contributed by atoms with E-state index in [9.17, 15) is 31.1 Å². The topological polar surface area (TPSA) is 72.5 Å². The van der Waals surface area contributed by atoms with Crippen LogP contribution in [0, 0.1) is 0 Å². The number of hydrogen-bond acceptors (Lipinski definition) is 3. The third-order valence-corrected chi connectivity index (χ3v) is 2.10. The average Bonchev–Trinajstić information content (AvgIpc) is 2.22. The van der Waals surface area contributed by atoms with Gasteiger partial charge in [-0.1, -0.05) is 0 Å². The first-order chi connectivity index (χ1) is 8.93. The molecule has 0 aromatic heterocycles. The van der Waals surface area contributed by atoms with Crippen molar-refractivity contribution in [1.29, 1.82) is 0 Å². The van der Waals surface area contributed by atoms with Crippen LogP contribution in [0.1, 0.15) is 10.4 Å². The highest BCUT2D eigenvalue weighted by Crippen LogP contribution is 2.37. The molecule has 0 radical (unpaired) electrons. The van der Waals surface area contributed by atoms with E-state index in [-0.39, 0.29) is 0 Å². The zero-order chi connectivity index (χ0) is 15.7. The fourth-order valence-corrected chi connectivity index (χ4v) is 1.26. The van der Waals surface area contributed by atoms with E-state index < -0.39 is 41.4 Å². The molecule has 0 aliphatic rings. The lowest BCUT2D eigenvalue weighted by Crippen LogP contribution is -2.46. The molecule has 0 fully saturated rings. The van der Waals surface area contributed by atoms with E-state index in [1.165, 1.54) is 0 Å². The molecule has 0 bridgehead atoms. The minimum atomic E-state index is -5.67. The van der Waals surface area contributed by atoms with E-state index in [0.717, 1.165) is 6.07 Å². The van der Waals surface area contributed by atoms with Gasteiger partial charge in [-0.05, 0) is 12.1 Å². The molecule has 0 amide bonds. The smallest absolute Gasteiger partial charge is 0.434 e. The van der Waals surface area contributed by atoms with Gasteiger partial charge >= 0.3 is 18.3 Å². The number of carbonyl (C=O) groups is 1. The summed E-state index contributed by atoms with van der Waals surface area (Å²) in [4.78, 5) is 10.6. The number of aromatic carboxylic acids is 1. The maximum atomic E-state index is 12.2. The van der Waals surface area contributed by atoms with Gasteiger partial charge in [0.05, 0.1) is 5.56 Å². The highest BCUT2D eigenvalue weighted by Gasteiger charge is 2.59. The number of nitrogens with two attached hydrogens (primary N) is 1. The monoisotopic (exact) mass is 303 g/mol. The number of nitrogen functional groups attached to an aromatic ring is 1. The predicted octanol–water partition coefficient (Wildman–Crippen LogP) is 2.84. The second-order valence-corrected chi connectivity index (χ2v) is 3.64. The van der Waals surface area contributed by atoms with E-state index in [0.29, 0.717) is 12.1 Å². The number of carboxylic acid groups (broad SMARTS) is 1. The van der Waals surface area contributed by atoms with Gasteiger partial charge in [-0.25, -0.2) is 4.79 Å². The number of ether oxygens (including phenoxy) is 1. The van der Waals surface area contributed by atoms with E-state index >= 15 is 0 Å². The number of alkyl halides is 6. The molecule has 0 heterocycles. The second kappa shape index (κ2) is 5.10. The summed E-state index contributed by atoms with van der Waals surface area (Å²) >= 11 is 0. The van der Waals surface area contributed by atoms with Gasteiger partial charge in [-0.2, -0.15) is 26.3 Å². The van der Waals surface area contributed by atoms with Crippen molar-refractivity contribution in [3.8, 4) is 5.75 Å². The summed E-state index contributed by atoms with van der Waals surface area (Å²) in [6, 6.07) is 1.98. The Morgan fingerprint density at radius 3 is 2.00 bits per heavy atom. The summed E-state index contributed by atoms with van der Waals surface area (Å²) in [5, 5.41) is 8.62. The third-order valence-electron chi connectivity index (χ3n) is 2.10. The van der Waals surface area contributed by atoms with Gasteiger partial charge in [0.2, 0.25) is 0 Å². The standard InChI is InChI=1S/C10H7F6NO3/c11-9(12,13)8(10(14,15)16)20-4-1-2-5(7(18)19)6(17)3-4/h1-3,8H,17H2,(H,18,19). The van der Waals surface area contributed by atoms with Gasteiger partial charge in [0.1, 0.15) is 5.75 Å². The Balaban J connectivity index is 3.08. The molecule has 20 heavy (non-hydrogen) atoms. The molecular weight excluding hydrogens is 296 g/mol. The van der Waals surface area contributed by atoms with Crippen LogP contribution in [0.25, 0.3) is 0 Å². The van der Waals surface area contributed by atoms with Gasteiger partial charge < -0.3 is 15.6 Å². The van der Waals surface area contributed by atoms with Crippen molar-refractivity contribution in [2.45, 2.75) is 18.5 Å². The lowest BCUT2D eigenvalue weighted by atomic mass is 10.2. The van der Waals surface area contributed by atoms with E-state index in [1.807, 2.05) is 0 Å². The van der Waals surface area contributed by atoms with Crippen LogP contribution in [0.15, 0.2) is 18.2 Å². The minimum Gasteiger partial charge on any atom is -0.478 e. The summed E-state index contributed by atoms with van der Waals surface area (Å²) in [7, 11) is 0. The fourth-order valence-electron chi connectivity index (χ4n) is 1.26. The maximum Gasteiger partial charge on any atom is 0.434 e. The number of hydrogen-bond donors (Lipinski definition) is 2. The first-order valence-corrected chi connectivity index (χ1v) is 4.86. The Labute approximate surface area is 107 Å². The fraction of sp³-hybridized carbons (Fsp3) is 0.300. The molecule has 0 aliphatic carbocycles. The molecule has 0 unspecified atom stereocenters. The van der Waals surface area contributed by atoms with Crippen LogP contribution in [0.4, 0.5) is 32.0 Å². The summed E-state index contributed by atoms with van der Waals surface area (Å²) < 4.78 is 77.3. The van der Waals surface area contributed by atoms with Crippen LogP contribution in [0.2, 0.25) is 0 Å². The number of benzene rings is 1. The first kappa shape index (κ1) is 15.9. The number of anilines is 1. The van der Waals surface area contributed by atoms with Crippen LogP contribution >= 0.6 is 0 Å². The largest absolute Gasteiger partial charge is 0.478 e. The van der Waals surface area contributed by atoms with Gasteiger partial charge in [0.25, 0.3) is 6.10 Å². The first-order valence-electron chi connectivity index (χ1n) is 4.86.